The summed E-state index contributed by atoms with van der Waals surface area (Å²) in [5.74, 6) is -0.277. The first kappa shape index (κ1) is 23.0. The third-order valence-corrected chi connectivity index (χ3v) is 4.69. The lowest BCUT2D eigenvalue weighted by molar-refractivity contribution is -0.136. The van der Waals surface area contributed by atoms with Crippen LogP contribution >= 0.6 is 0 Å². The Morgan fingerprint density at radius 1 is 1.09 bits per heavy atom. The summed E-state index contributed by atoms with van der Waals surface area (Å²) in [7, 11) is 1.57. The van der Waals surface area contributed by atoms with Gasteiger partial charge in [-0.15, -0.1) is 0 Å². The van der Waals surface area contributed by atoms with Gasteiger partial charge in [-0.1, -0.05) is 25.1 Å². The Bertz CT molecular complexity index is 1150. The molecule has 0 unspecified atom stereocenters. The maximum atomic E-state index is 12.2. The summed E-state index contributed by atoms with van der Waals surface area (Å²) in [6, 6.07) is 13.5. The van der Waals surface area contributed by atoms with Crippen LogP contribution in [0.15, 0.2) is 57.7 Å². The lowest BCUT2D eigenvalue weighted by Gasteiger charge is -2.10. The van der Waals surface area contributed by atoms with E-state index in [0.717, 1.165) is 12.0 Å². The van der Waals surface area contributed by atoms with E-state index in [-0.39, 0.29) is 23.5 Å². The number of esters is 1. The minimum atomic E-state index is -0.773. The second-order valence-corrected chi connectivity index (χ2v) is 6.97. The van der Waals surface area contributed by atoms with Crippen LogP contribution in [0, 0.1) is 0 Å². The summed E-state index contributed by atoms with van der Waals surface area (Å²) >= 11 is 0. The molecule has 0 atom stereocenters. The normalized spacial score (nSPS) is 10.7. The van der Waals surface area contributed by atoms with Gasteiger partial charge in [-0.2, -0.15) is 0 Å². The van der Waals surface area contributed by atoms with Crippen molar-refractivity contribution in [3.8, 4) is 11.5 Å². The number of rotatable bonds is 10. The number of benzene rings is 2. The van der Waals surface area contributed by atoms with Crippen LogP contribution in [0.3, 0.4) is 0 Å². The van der Waals surface area contributed by atoms with Crippen molar-refractivity contribution in [2.24, 2.45) is 0 Å². The smallest absolute Gasteiger partial charge is 0.349 e. The van der Waals surface area contributed by atoms with Crippen molar-refractivity contribution in [1.82, 2.24) is 5.32 Å². The molecule has 1 N–H and O–H groups in total. The quantitative estimate of drug-likeness (QED) is 0.224. The van der Waals surface area contributed by atoms with Crippen LogP contribution in [-0.2, 0) is 16.0 Å². The highest BCUT2D eigenvalue weighted by Gasteiger charge is 2.15. The van der Waals surface area contributed by atoms with Gasteiger partial charge in [0.25, 0.3) is 5.91 Å². The van der Waals surface area contributed by atoms with E-state index in [0.29, 0.717) is 30.7 Å². The van der Waals surface area contributed by atoms with E-state index >= 15 is 0 Å². The summed E-state index contributed by atoms with van der Waals surface area (Å²) in [4.78, 5) is 36.6. The predicted molar refractivity (Wildman–Crippen MR) is 118 cm³/mol. The molecule has 0 bridgehead atoms. The Morgan fingerprint density at radius 2 is 1.91 bits per heavy atom. The number of nitrogens with one attached hydrogen (secondary N) is 1. The molecule has 1 amide bonds. The molecule has 168 valence electrons. The van der Waals surface area contributed by atoms with E-state index < -0.39 is 17.5 Å². The molecule has 0 fully saturated rings. The van der Waals surface area contributed by atoms with Crippen LogP contribution in [0.2, 0.25) is 0 Å². The van der Waals surface area contributed by atoms with Crippen LogP contribution in [0.25, 0.3) is 11.0 Å². The number of hydrogen-bond donors (Lipinski definition) is 1. The van der Waals surface area contributed by atoms with Gasteiger partial charge in [0.15, 0.2) is 6.61 Å². The molecule has 32 heavy (non-hydrogen) atoms. The topological polar surface area (TPSA) is 104 Å². The fourth-order valence-corrected chi connectivity index (χ4v) is 3.06. The van der Waals surface area contributed by atoms with Crippen LogP contribution in [0.5, 0.6) is 11.5 Å². The van der Waals surface area contributed by atoms with Crippen LogP contribution < -0.4 is 20.4 Å². The standard InChI is InChI=1S/C24H25NO7/c1-3-16-7-4-5-8-20(16)30-15-22(26)31-18-10-9-17-13-19(24(28)32-21(17)14-18)23(27)25-11-6-12-29-2/h4-5,7-10,13-14H,3,6,11-12,15H2,1-2H3,(H,25,27). The SMILES string of the molecule is CCc1ccccc1OCC(=O)Oc1ccc2cc(C(=O)NCCCOC)c(=O)oc2c1. The zero-order valence-electron chi connectivity index (χ0n) is 18.0. The van der Waals surface area contributed by atoms with Crippen LogP contribution in [-0.4, -0.2) is 38.7 Å². The summed E-state index contributed by atoms with van der Waals surface area (Å²) in [5, 5.41) is 3.18. The fourth-order valence-electron chi connectivity index (χ4n) is 3.06. The maximum absolute atomic E-state index is 12.2. The van der Waals surface area contributed by atoms with Crippen molar-refractivity contribution >= 4 is 22.8 Å². The van der Waals surface area contributed by atoms with Crippen molar-refractivity contribution < 1.29 is 28.2 Å². The summed E-state index contributed by atoms with van der Waals surface area (Å²) in [6.07, 6.45) is 1.41. The number of para-hydroxylation sites is 1. The van der Waals surface area contributed by atoms with E-state index in [1.807, 2.05) is 25.1 Å². The lowest BCUT2D eigenvalue weighted by Crippen LogP contribution is -2.29. The summed E-state index contributed by atoms with van der Waals surface area (Å²) in [6.45, 7) is 2.62. The van der Waals surface area contributed by atoms with Crippen molar-refractivity contribution in [2.45, 2.75) is 19.8 Å². The third kappa shape index (κ3) is 5.95. The molecule has 0 spiro atoms. The summed E-state index contributed by atoms with van der Waals surface area (Å²) < 4.78 is 21.0. The first-order chi connectivity index (χ1) is 15.5. The number of methoxy groups -OCH3 is 1. The van der Waals surface area contributed by atoms with Crippen molar-refractivity contribution in [3.63, 3.8) is 0 Å². The Kier molecular flexibility index (Phi) is 7.99. The third-order valence-electron chi connectivity index (χ3n) is 4.69. The molecule has 8 heteroatoms. The monoisotopic (exact) mass is 439 g/mol. The maximum Gasteiger partial charge on any atom is 0.349 e. The zero-order valence-corrected chi connectivity index (χ0v) is 18.0. The first-order valence-electron chi connectivity index (χ1n) is 10.3. The van der Waals surface area contributed by atoms with E-state index in [9.17, 15) is 14.4 Å². The van der Waals surface area contributed by atoms with Crippen molar-refractivity contribution in [2.75, 3.05) is 26.9 Å². The molecule has 0 saturated carbocycles. The number of hydrogen-bond acceptors (Lipinski definition) is 7. The van der Waals surface area contributed by atoms with E-state index in [1.165, 1.54) is 12.1 Å². The highest BCUT2D eigenvalue weighted by Crippen LogP contribution is 2.22. The second-order valence-electron chi connectivity index (χ2n) is 6.97. The highest BCUT2D eigenvalue weighted by atomic mass is 16.6. The molecule has 1 heterocycles. The number of aryl methyl sites for hydroxylation is 1. The molecule has 0 radical (unpaired) electrons. The second kappa shape index (κ2) is 11.1. The highest BCUT2D eigenvalue weighted by molar-refractivity contribution is 5.96. The Morgan fingerprint density at radius 3 is 2.69 bits per heavy atom. The Labute approximate surface area is 185 Å². The number of carbonyl (C=O) groups excluding carboxylic acids is 2. The molecular formula is C24H25NO7. The van der Waals surface area contributed by atoms with Gasteiger partial charge in [0, 0.05) is 31.7 Å². The van der Waals surface area contributed by atoms with E-state index in [1.54, 1.807) is 25.3 Å². The summed E-state index contributed by atoms with van der Waals surface area (Å²) in [5.41, 5.74) is 0.326. The van der Waals surface area contributed by atoms with Gasteiger partial charge in [-0.3, -0.25) is 4.79 Å². The minimum Gasteiger partial charge on any atom is -0.482 e. The molecule has 3 rings (SSSR count). The van der Waals surface area contributed by atoms with Crippen molar-refractivity contribution in [1.29, 1.82) is 0 Å². The number of fused-ring (bicyclic) bond motifs is 1. The Balaban J connectivity index is 1.65. The number of ether oxygens (including phenoxy) is 3. The van der Waals surface area contributed by atoms with Gasteiger partial charge in [0.2, 0.25) is 0 Å². The van der Waals surface area contributed by atoms with Gasteiger partial charge in [0.1, 0.15) is 22.6 Å². The molecule has 1 aromatic heterocycles. The number of carbonyl (C=O) groups is 2. The largest absolute Gasteiger partial charge is 0.482 e. The van der Waals surface area contributed by atoms with Crippen molar-refractivity contribution in [3.05, 3.63) is 70.1 Å². The zero-order chi connectivity index (χ0) is 22.9. The van der Waals surface area contributed by atoms with Gasteiger partial charge in [0.05, 0.1) is 0 Å². The molecule has 0 aliphatic rings. The molecule has 2 aromatic carbocycles. The molecular weight excluding hydrogens is 414 g/mol. The van der Waals surface area contributed by atoms with E-state index in [2.05, 4.69) is 5.32 Å². The average Bonchev–Trinajstić information content (AvgIpc) is 2.80. The minimum absolute atomic E-state index is 0.0948. The van der Waals surface area contributed by atoms with Gasteiger partial charge in [-0.25, -0.2) is 9.59 Å². The Hall–Kier alpha value is -3.65. The van der Waals surface area contributed by atoms with Gasteiger partial charge >= 0.3 is 11.6 Å². The van der Waals surface area contributed by atoms with Crippen LogP contribution in [0.1, 0.15) is 29.3 Å². The average molecular weight is 439 g/mol. The van der Waals surface area contributed by atoms with E-state index in [4.69, 9.17) is 18.6 Å². The van der Waals surface area contributed by atoms with Crippen LogP contribution in [0.4, 0.5) is 0 Å². The molecule has 8 nitrogen and oxygen atoms in total. The van der Waals surface area contributed by atoms with Gasteiger partial charge < -0.3 is 23.9 Å². The predicted octanol–water partition coefficient (Wildman–Crippen LogP) is 3.11. The lowest BCUT2D eigenvalue weighted by atomic mass is 10.1. The number of amides is 1. The first-order valence-corrected chi connectivity index (χ1v) is 10.3. The van der Waals surface area contributed by atoms with Gasteiger partial charge in [-0.05, 0) is 42.7 Å². The molecule has 0 saturated heterocycles. The molecule has 0 aliphatic heterocycles. The molecule has 3 aromatic rings. The fraction of sp³-hybridized carbons (Fsp3) is 0.292. The molecule has 0 aliphatic carbocycles.